The number of para-hydroxylation sites is 2. The van der Waals surface area contributed by atoms with E-state index < -0.39 is 15.9 Å². The van der Waals surface area contributed by atoms with Gasteiger partial charge in [-0.2, -0.15) is 4.31 Å². The standard InChI is InChI=1S/C25H31N3O6S/c1-3-34-23-10-6-5-9-21(23)28-17-18(15-24(28)29)25(30)26-20-16-19(11-12-22(20)33-2)35(31,32)27-13-7-4-8-14-27/h5-6,9-12,16,18H,3-4,7-8,13-15,17H2,1-2H3,(H,26,30)/t18-/m1/s1. The van der Waals surface area contributed by atoms with Crippen LogP contribution in [-0.4, -0.2) is 57.9 Å². The van der Waals surface area contributed by atoms with Gasteiger partial charge in [0.05, 0.1) is 35.9 Å². The van der Waals surface area contributed by atoms with E-state index in [1.807, 2.05) is 19.1 Å². The van der Waals surface area contributed by atoms with Gasteiger partial charge < -0.3 is 19.7 Å². The lowest BCUT2D eigenvalue weighted by Crippen LogP contribution is -2.35. The number of carbonyl (C=O) groups excluding carboxylic acids is 2. The number of sulfonamides is 1. The molecule has 188 valence electrons. The Labute approximate surface area is 206 Å². The Hall–Kier alpha value is -3.11. The van der Waals surface area contributed by atoms with E-state index in [0.717, 1.165) is 19.3 Å². The molecule has 0 radical (unpaired) electrons. The largest absolute Gasteiger partial charge is 0.495 e. The number of hydrogen-bond donors (Lipinski definition) is 1. The topological polar surface area (TPSA) is 105 Å². The van der Waals surface area contributed by atoms with Crippen molar-refractivity contribution < 1.29 is 27.5 Å². The number of rotatable bonds is 8. The molecule has 2 heterocycles. The van der Waals surface area contributed by atoms with Crippen molar-refractivity contribution in [2.75, 3.05) is 43.6 Å². The molecule has 0 saturated carbocycles. The van der Waals surface area contributed by atoms with Gasteiger partial charge in [0.1, 0.15) is 11.5 Å². The Morgan fingerprint density at radius 2 is 1.83 bits per heavy atom. The maximum Gasteiger partial charge on any atom is 0.243 e. The summed E-state index contributed by atoms with van der Waals surface area (Å²) in [6.07, 6.45) is 2.72. The number of nitrogens with zero attached hydrogens (tertiary/aromatic N) is 2. The first kappa shape index (κ1) is 25.0. The molecule has 2 amide bonds. The van der Waals surface area contributed by atoms with Crippen LogP contribution >= 0.6 is 0 Å². The maximum atomic E-state index is 13.1. The molecule has 1 N–H and O–H groups in total. The Kier molecular flexibility index (Phi) is 7.61. The van der Waals surface area contributed by atoms with Crippen LogP contribution in [0.1, 0.15) is 32.6 Å². The number of nitrogens with one attached hydrogen (secondary N) is 1. The average Bonchev–Trinajstić information content (AvgIpc) is 3.26. The summed E-state index contributed by atoms with van der Waals surface area (Å²) in [5.74, 6) is -0.226. The van der Waals surface area contributed by atoms with Crippen LogP contribution in [0.4, 0.5) is 11.4 Å². The summed E-state index contributed by atoms with van der Waals surface area (Å²) >= 11 is 0. The van der Waals surface area contributed by atoms with E-state index in [2.05, 4.69) is 5.32 Å². The van der Waals surface area contributed by atoms with Crippen molar-refractivity contribution >= 4 is 33.2 Å². The van der Waals surface area contributed by atoms with Gasteiger partial charge >= 0.3 is 0 Å². The number of amides is 2. The summed E-state index contributed by atoms with van der Waals surface area (Å²) < 4.78 is 38.7. The predicted octanol–water partition coefficient (Wildman–Crippen LogP) is 3.26. The van der Waals surface area contributed by atoms with Crippen LogP contribution in [0, 0.1) is 5.92 Å². The summed E-state index contributed by atoms with van der Waals surface area (Å²) in [4.78, 5) is 27.6. The van der Waals surface area contributed by atoms with Crippen molar-refractivity contribution in [3.8, 4) is 11.5 Å². The summed E-state index contributed by atoms with van der Waals surface area (Å²) in [6, 6.07) is 11.7. The quantitative estimate of drug-likeness (QED) is 0.595. The first-order valence-electron chi connectivity index (χ1n) is 11.9. The number of methoxy groups -OCH3 is 1. The minimum Gasteiger partial charge on any atom is -0.495 e. The third kappa shape index (κ3) is 5.28. The van der Waals surface area contributed by atoms with Crippen LogP contribution in [0.15, 0.2) is 47.4 Å². The van der Waals surface area contributed by atoms with Gasteiger partial charge in [-0.25, -0.2) is 8.42 Å². The molecule has 2 aliphatic rings. The van der Waals surface area contributed by atoms with Crippen molar-refractivity contribution in [1.29, 1.82) is 0 Å². The van der Waals surface area contributed by atoms with E-state index in [0.29, 0.717) is 36.9 Å². The fourth-order valence-electron chi connectivity index (χ4n) is 4.51. The molecule has 2 aromatic carbocycles. The van der Waals surface area contributed by atoms with E-state index in [9.17, 15) is 18.0 Å². The fraction of sp³-hybridized carbons (Fsp3) is 0.440. The second-order valence-corrected chi connectivity index (χ2v) is 10.6. The van der Waals surface area contributed by atoms with Crippen LogP contribution in [0.25, 0.3) is 0 Å². The minimum atomic E-state index is -3.68. The van der Waals surface area contributed by atoms with Crippen molar-refractivity contribution in [2.24, 2.45) is 5.92 Å². The van der Waals surface area contributed by atoms with Gasteiger partial charge in [-0.1, -0.05) is 18.6 Å². The summed E-state index contributed by atoms with van der Waals surface area (Å²) in [6.45, 7) is 3.49. The Bertz CT molecular complexity index is 1190. The van der Waals surface area contributed by atoms with Crippen molar-refractivity contribution in [2.45, 2.75) is 37.5 Å². The van der Waals surface area contributed by atoms with Gasteiger partial charge in [0, 0.05) is 26.1 Å². The fourth-order valence-corrected chi connectivity index (χ4v) is 6.05. The summed E-state index contributed by atoms with van der Waals surface area (Å²) in [5.41, 5.74) is 0.887. The molecule has 1 atom stereocenters. The number of anilines is 2. The number of benzene rings is 2. The van der Waals surface area contributed by atoms with E-state index in [4.69, 9.17) is 9.47 Å². The van der Waals surface area contributed by atoms with Crippen molar-refractivity contribution in [1.82, 2.24) is 4.31 Å². The molecule has 4 rings (SSSR count). The molecule has 2 saturated heterocycles. The Balaban J connectivity index is 1.53. The molecule has 0 spiro atoms. The molecule has 2 aliphatic heterocycles. The molecule has 10 heteroatoms. The molecule has 0 aliphatic carbocycles. The molecule has 35 heavy (non-hydrogen) atoms. The van der Waals surface area contributed by atoms with Gasteiger partial charge in [-0.3, -0.25) is 9.59 Å². The van der Waals surface area contributed by atoms with Crippen LogP contribution in [0.3, 0.4) is 0 Å². The summed E-state index contributed by atoms with van der Waals surface area (Å²) in [5, 5.41) is 2.79. The maximum absolute atomic E-state index is 13.1. The second-order valence-electron chi connectivity index (χ2n) is 8.62. The average molecular weight is 502 g/mol. The molecule has 0 bridgehead atoms. The van der Waals surface area contributed by atoms with Crippen molar-refractivity contribution in [3.63, 3.8) is 0 Å². The Morgan fingerprint density at radius 3 is 2.54 bits per heavy atom. The number of piperidine rings is 1. The van der Waals surface area contributed by atoms with Gasteiger partial charge in [0.2, 0.25) is 21.8 Å². The first-order valence-corrected chi connectivity index (χ1v) is 13.3. The third-order valence-corrected chi connectivity index (χ3v) is 8.23. The molecule has 0 unspecified atom stereocenters. The lowest BCUT2D eigenvalue weighted by atomic mass is 10.1. The van der Waals surface area contributed by atoms with E-state index in [-0.39, 0.29) is 35.4 Å². The van der Waals surface area contributed by atoms with Crippen LogP contribution in [0.2, 0.25) is 0 Å². The highest BCUT2D eigenvalue weighted by atomic mass is 32.2. The SMILES string of the molecule is CCOc1ccccc1N1C[C@H](C(=O)Nc2cc(S(=O)(=O)N3CCCCC3)ccc2OC)CC1=O. The van der Waals surface area contributed by atoms with Crippen LogP contribution < -0.4 is 19.7 Å². The number of hydrogen-bond acceptors (Lipinski definition) is 6. The van der Waals surface area contributed by atoms with Crippen LogP contribution in [0.5, 0.6) is 11.5 Å². The smallest absolute Gasteiger partial charge is 0.243 e. The van der Waals surface area contributed by atoms with Crippen molar-refractivity contribution in [3.05, 3.63) is 42.5 Å². The lowest BCUT2D eigenvalue weighted by Gasteiger charge is -2.26. The predicted molar refractivity (Wildman–Crippen MR) is 132 cm³/mol. The highest BCUT2D eigenvalue weighted by Crippen LogP contribution is 2.35. The number of ether oxygens (including phenoxy) is 2. The zero-order valence-corrected chi connectivity index (χ0v) is 20.8. The lowest BCUT2D eigenvalue weighted by molar-refractivity contribution is -0.122. The molecule has 9 nitrogen and oxygen atoms in total. The van der Waals surface area contributed by atoms with Gasteiger partial charge in [-0.05, 0) is 50.1 Å². The monoisotopic (exact) mass is 501 g/mol. The first-order chi connectivity index (χ1) is 16.8. The highest BCUT2D eigenvalue weighted by Gasteiger charge is 2.37. The molecule has 2 aromatic rings. The van der Waals surface area contributed by atoms with E-state index in [1.54, 1.807) is 17.0 Å². The zero-order valence-electron chi connectivity index (χ0n) is 20.0. The molecule has 0 aromatic heterocycles. The normalized spacial score (nSPS) is 19.0. The Morgan fingerprint density at radius 1 is 1.09 bits per heavy atom. The second kappa shape index (κ2) is 10.7. The van der Waals surface area contributed by atoms with E-state index in [1.165, 1.54) is 29.6 Å². The molecular weight excluding hydrogens is 470 g/mol. The minimum absolute atomic E-state index is 0.0420. The number of carbonyl (C=O) groups is 2. The highest BCUT2D eigenvalue weighted by molar-refractivity contribution is 7.89. The van der Waals surface area contributed by atoms with Gasteiger partial charge in [-0.15, -0.1) is 0 Å². The van der Waals surface area contributed by atoms with Gasteiger partial charge in [0.25, 0.3) is 0 Å². The molecular formula is C25H31N3O6S. The van der Waals surface area contributed by atoms with Gasteiger partial charge in [0.15, 0.2) is 0 Å². The summed E-state index contributed by atoms with van der Waals surface area (Å²) in [7, 11) is -2.22. The molecule has 2 fully saturated rings. The zero-order chi connectivity index (χ0) is 25.0. The third-order valence-electron chi connectivity index (χ3n) is 6.33. The van der Waals surface area contributed by atoms with Crippen LogP contribution in [-0.2, 0) is 19.6 Å². The van der Waals surface area contributed by atoms with E-state index >= 15 is 0 Å².